The van der Waals surface area contributed by atoms with Gasteiger partial charge in [-0.2, -0.15) is 5.10 Å². The van der Waals surface area contributed by atoms with Gasteiger partial charge in [-0.15, -0.1) is 10.2 Å². The van der Waals surface area contributed by atoms with Gasteiger partial charge < -0.3 is 15.4 Å². The number of nitrogens with one attached hydrogen (secondary N) is 2. The number of carbonyl (C=O) groups is 1. The van der Waals surface area contributed by atoms with E-state index in [1.165, 1.54) is 0 Å². The van der Waals surface area contributed by atoms with Crippen molar-refractivity contribution in [3.8, 4) is 11.6 Å². The van der Waals surface area contributed by atoms with Crippen LogP contribution in [0.5, 0.6) is 5.75 Å². The van der Waals surface area contributed by atoms with E-state index in [0.29, 0.717) is 36.9 Å². The van der Waals surface area contributed by atoms with Crippen LogP contribution in [0.2, 0.25) is 0 Å². The second-order valence-electron chi connectivity index (χ2n) is 5.37. The number of amides is 1. The van der Waals surface area contributed by atoms with Gasteiger partial charge in [-0.25, -0.2) is 4.68 Å². The molecule has 3 aromatic rings. The molecule has 0 aliphatic heterocycles. The highest BCUT2D eigenvalue weighted by Crippen LogP contribution is 2.11. The monoisotopic (exact) mass is 352 g/mol. The van der Waals surface area contributed by atoms with Crippen LogP contribution in [0.4, 0.5) is 5.82 Å². The molecule has 0 fully saturated rings. The van der Waals surface area contributed by atoms with E-state index >= 15 is 0 Å². The molecule has 2 aromatic heterocycles. The summed E-state index contributed by atoms with van der Waals surface area (Å²) < 4.78 is 6.99. The van der Waals surface area contributed by atoms with Gasteiger partial charge in [0.15, 0.2) is 5.82 Å². The van der Waals surface area contributed by atoms with Crippen LogP contribution in [0.1, 0.15) is 17.3 Å². The number of rotatable bonds is 8. The van der Waals surface area contributed by atoms with Gasteiger partial charge in [0.1, 0.15) is 11.6 Å². The zero-order chi connectivity index (χ0) is 18.2. The van der Waals surface area contributed by atoms with Crippen LogP contribution in [0.15, 0.2) is 54.9 Å². The third kappa shape index (κ3) is 4.56. The van der Waals surface area contributed by atoms with Crippen LogP contribution >= 0.6 is 0 Å². The number of anilines is 1. The largest absolute Gasteiger partial charge is 0.494 e. The molecule has 3 rings (SSSR count). The SMILES string of the molecule is CCOc1ccc(C(=O)NCCNc2ccc(-n3cccn3)nn2)cc1. The van der Waals surface area contributed by atoms with E-state index in [-0.39, 0.29) is 5.91 Å². The molecule has 8 nitrogen and oxygen atoms in total. The van der Waals surface area contributed by atoms with Crippen LogP contribution in [0, 0.1) is 0 Å². The highest BCUT2D eigenvalue weighted by Gasteiger charge is 2.05. The second kappa shape index (κ2) is 8.61. The molecule has 0 spiro atoms. The maximum absolute atomic E-state index is 12.1. The van der Waals surface area contributed by atoms with Gasteiger partial charge in [0.2, 0.25) is 0 Å². The maximum atomic E-state index is 12.1. The summed E-state index contributed by atoms with van der Waals surface area (Å²) in [6, 6.07) is 12.5. The number of aromatic nitrogens is 4. The topological polar surface area (TPSA) is 94.0 Å². The number of benzene rings is 1. The Morgan fingerprint density at radius 2 is 1.96 bits per heavy atom. The van der Waals surface area contributed by atoms with Crippen LogP contribution in [-0.4, -0.2) is 45.6 Å². The Bertz CT molecular complexity index is 816. The second-order valence-corrected chi connectivity index (χ2v) is 5.37. The Labute approximate surface area is 151 Å². The van der Waals surface area contributed by atoms with Gasteiger partial charge in [-0.3, -0.25) is 4.79 Å². The summed E-state index contributed by atoms with van der Waals surface area (Å²) in [5, 5.41) is 18.2. The average Bonchev–Trinajstić information content (AvgIpc) is 3.21. The molecule has 8 heteroatoms. The predicted molar refractivity (Wildman–Crippen MR) is 97.6 cm³/mol. The van der Waals surface area contributed by atoms with Crippen molar-refractivity contribution in [2.24, 2.45) is 0 Å². The molecule has 1 amide bonds. The van der Waals surface area contributed by atoms with Crippen LogP contribution in [0.25, 0.3) is 5.82 Å². The Morgan fingerprint density at radius 1 is 1.12 bits per heavy atom. The lowest BCUT2D eigenvalue weighted by Crippen LogP contribution is -2.28. The quantitative estimate of drug-likeness (QED) is 0.602. The van der Waals surface area contributed by atoms with Crippen LogP contribution in [0.3, 0.4) is 0 Å². The molecule has 0 atom stereocenters. The molecule has 0 saturated carbocycles. The molecule has 0 bridgehead atoms. The first-order chi connectivity index (χ1) is 12.8. The summed E-state index contributed by atoms with van der Waals surface area (Å²) in [7, 11) is 0. The number of hydrogen-bond donors (Lipinski definition) is 2. The van der Waals surface area contributed by atoms with Gasteiger partial charge in [0, 0.05) is 31.0 Å². The van der Waals surface area contributed by atoms with Gasteiger partial charge in [0.05, 0.1) is 6.61 Å². The predicted octanol–water partition coefficient (Wildman–Crippen LogP) is 1.90. The molecule has 134 valence electrons. The smallest absolute Gasteiger partial charge is 0.251 e. The Kier molecular flexibility index (Phi) is 5.76. The lowest BCUT2D eigenvalue weighted by Gasteiger charge is -2.08. The van der Waals surface area contributed by atoms with E-state index in [1.54, 1.807) is 41.3 Å². The van der Waals surface area contributed by atoms with Gasteiger partial charge in [-0.05, 0) is 49.4 Å². The first-order valence-electron chi connectivity index (χ1n) is 8.35. The third-order valence-corrected chi connectivity index (χ3v) is 3.53. The molecule has 0 aliphatic rings. The van der Waals surface area contributed by atoms with E-state index in [2.05, 4.69) is 25.9 Å². The molecule has 2 heterocycles. The van der Waals surface area contributed by atoms with E-state index in [9.17, 15) is 4.79 Å². The van der Waals surface area contributed by atoms with Crippen molar-refractivity contribution in [1.29, 1.82) is 0 Å². The lowest BCUT2D eigenvalue weighted by atomic mass is 10.2. The Hall–Kier alpha value is -3.42. The normalized spacial score (nSPS) is 10.3. The summed E-state index contributed by atoms with van der Waals surface area (Å²) in [6.07, 6.45) is 3.48. The third-order valence-electron chi connectivity index (χ3n) is 3.53. The fourth-order valence-corrected chi connectivity index (χ4v) is 2.28. The van der Waals surface area contributed by atoms with Gasteiger partial charge in [-0.1, -0.05) is 0 Å². The van der Waals surface area contributed by atoms with Gasteiger partial charge >= 0.3 is 0 Å². The number of nitrogens with zero attached hydrogens (tertiary/aromatic N) is 4. The van der Waals surface area contributed by atoms with Crippen molar-refractivity contribution in [3.05, 3.63) is 60.4 Å². The van der Waals surface area contributed by atoms with Crippen molar-refractivity contribution in [3.63, 3.8) is 0 Å². The number of ether oxygens (including phenoxy) is 1. The van der Waals surface area contributed by atoms with E-state index < -0.39 is 0 Å². The summed E-state index contributed by atoms with van der Waals surface area (Å²) in [5.41, 5.74) is 0.594. The molecule has 0 radical (unpaired) electrons. The minimum atomic E-state index is -0.130. The highest BCUT2D eigenvalue weighted by atomic mass is 16.5. The Morgan fingerprint density at radius 3 is 2.62 bits per heavy atom. The molecule has 0 saturated heterocycles. The summed E-state index contributed by atoms with van der Waals surface area (Å²) in [5.74, 6) is 1.90. The van der Waals surface area contributed by atoms with E-state index in [1.807, 2.05) is 25.1 Å². The maximum Gasteiger partial charge on any atom is 0.251 e. The van der Waals surface area contributed by atoms with Crippen molar-refractivity contribution in [1.82, 2.24) is 25.3 Å². The molecule has 0 unspecified atom stereocenters. The zero-order valence-corrected chi connectivity index (χ0v) is 14.4. The fourth-order valence-electron chi connectivity index (χ4n) is 2.28. The fraction of sp³-hybridized carbons (Fsp3) is 0.222. The molecule has 2 N–H and O–H groups in total. The first-order valence-corrected chi connectivity index (χ1v) is 8.35. The minimum Gasteiger partial charge on any atom is -0.494 e. The Balaban J connectivity index is 1.42. The van der Waals surface area contributed by atoms with Crippen LogP contribution < -0.4 is 15.4 Å². The summed E-state index contributed by atoms with van der Waals surface area (Å²) in [4.78, 5) is 12.1. The van der Waals surface area contributed by atoms with Crippen LogP contribution in [-0.2, 0) is 0 Å². The van der Waals surface area contributed by atoms with E-state index in [4.69, 9.17) is 4.74 Å². The summed E-state index contributed by atoms with van der Waals surface area (Å²) >= 11 is 0. The van der Waals surface area contributed by atoms with Crippen molar-refractivity contribution < 1.29 is 9.53 Å². The summed E-state index contributed by atoms with van der Waals surface area (Å²) in [6.45, 7) is 3.53. The number of carbonyl (C=O) groups excluding carboxylic acids is 1. The van der Waals surface area contributed by atoms with Crippen molar-refractivity contribution in [2.75, 3.05) is 25.0 Å². The lowest BCUT2D eigenvalue weighted by molar-refractivity contribution is 0.0955. The molecule has 26 heavy (non-hydrogen) atoms. The molecule has 1 aromatic carbocycles. The van der Waals surface area contributed by atoms with Gasteiger partial charge in [0.25, 0.3) is 5.91 Å². The number of hydrogen-bond acceptors (Lipinski definition) is 6. The zero-order valence-electron chi connectivity index (χ0n) is 14.4. The first kappa shape index (κ1) is 17.4. The molecule has 0 aliphatic carbocycles. The van der Waals surface area contributed by atoms with Crippen molar-refractivity contribution >= 4 is 11.7 Å². The van der Waals surface area contributed by atoms with E-state index in [0.717, 1.165) is 5.75 Å². The minimum absolute atomic E-state index is 0.130. The van der Waals surface area contributed by atoms with Crippen molar-refractivity contribution in [2.45, 2.75) is 6.92 Å². The molecular formula is C18H20N6O2. The molecular weight excluding hydrogens is 332 g/mol. The highest BCUT2D eigenvalue weighted by molar-refractivity contribution is 5.94. The standard InChI is InChI=1S/C18H20N6O2/c1-2-26-15-6-4-14(5-7-15)18(25)20-12-11-19-16-8-9-17(23-22-16)24-13-3-10-21-24/h3-10,13H,2,11-12H2,1H3,(H,19,22)(H,20,25). The average molecular weight is 352 g/mol.